The van der Waals surface area contributed by atoms with E-state index in [1.165, 1.54) is 5.56 Å². The van der Waals surface area contributed by atoms with Crippen LogP contribution in [0.1, 0.15) is 46.5 Å². The van der Waals surface area contributed by atoms with Gasteiger partial charge in [0.25, 0.3) is 0 Å². The van der Waals surface area contributed by atoms with E-state index >= 15 is 0 Å². The number of pyridine rings is 1. The Morgan fingerprint density at radius 2 is 1.84 bits per heavy atom. The average Bonchev–Trinajstić information content (AvgIpc) is 2.77. The second kappa shape index (κ2) is 8.49. The summed E-state index contributed by atoms with van der Waals surface area (Å²) in [5.74, 6) is 6.93. The molecule has 0 spiro atoms. The molecule has 1 aliphatic heterocycles. The number of nitrogens with zero attached hydrogens (tertiary/aromatic N) is 1. The van der Waals surface area contributed by atoms with Crippen LogP contribution in [-0.2, 0) is 6.42 Å². The number of allylic oxidation sites excluding steroid dienone is 1. The molecule has 3 aromatic rings. The zero-order valence-corrected chi connectivity index (χ0v) is 17.9. The summed E-state index contributed by atoms with van der Waals surface area (Å²) in [6, 6.07) is 17.1. The predicted molar refractivity (Wildman–Crippen MR) is 123 cm³/mol. The van der Waals surface area contributed by atoms with Crippen molar-refractivity contribution < 1.29 is 9.53 Å². The van der Waals surface area contributed by atoms with E-state index in [9.17, 15) is 4.79 Å². The first-order valence-corrected chi connectivity index (χ1v) is 10.2. The largest absolute Gasteiger partial charge is 0.497 e. The maximum atomic E-state index is 13.1. The third kappa shape index (κ3) is 4.84. The lowest BCUT2D eigenvalue weighted by molar-refractivity contribution is 0.104. The Morgan fingerprint density at radius 1 is 1.06 bits per heavy atom. The third-order valence-corrected chi connectivity index (χ3v) is 5.17. The van der Waals surface area contributed by atoms with Crippen LogP contribution in [0.25, 0.3) is 5.70 Å². The molecule has 0 atom stereocenters. The Balaban J connectivity index is 1.66. The minimum absolute atomic E-state index is 0.0680. The summed E-state index contributed by atoms with van der Waals surface area (Å²) < 4.78 is 5.39. The maximum Gasteiger partial charge on any atom is 0.187 e. The fourth-order valence-electron chi connectivity index (χ4n) is 3.70. The highest BCUT2D eigenvalue weighted by molar-refractivity contribution is 6.08. The molecule has 4 nitrogen and oxygen atoms in total. The number of rotatable bonds is 3. The van der Waals surface area contributed by atoms with Crippen LogP contribution >= 0.6 is 0 Å². The highest BCUT2D eigenvalue weighted by atomic mass is 16.5. The van der Waals surface area contributed by atoms with Gasteiger partial charge in [-0.1, -0.05) is 30.0 Å². The van der Waals surface area contributed by atoms with Crippen LogP contribution in [0.3, 0.4) is 0 Å². The van der Waals surface area contributed by atoms with Crippen LogP contribution in [0.4, 0.5) is 0 Å². The van der Waals surface area contributed by atoms with Crippen LogP contribution in [0, 0.1) is 11.8 Å². The van der Waals surface area contributed by atoms with Crippen molar-refractivity contribution in [2.45, 2.75) is 25.8 Å². The Labute approximate surface area is 183 Å². The minimum atomic E-state index is -0.147. The number of nitrogens with one attached hydrogen (secondary N) is 1. The zero-order chi connectivity index (χ0) is 21.8. The lowest BCUT2D eigenvalue weighted by Gasteiger charge is -2.35. The molecule has 1 aliphatic rings. The van der Waals surface area contributed by atoms with Gasteiger partial charge in [-0.3, -0.25) is 9.78 Å². The van der Waals surface area contributed by atoms with Crippen molar-refractivity contribution in [3.63, 3.8) is 0 Å². The van der Waals surface area contributed by atoms with E-state index in [1.54, 1.807) is 25.6 Å². The molecule has 4 heteroatoms. The number of carbonyl (C=O) groups excluding carboxylic acids is 1. The van der Waals surface area contributed by atoms with E-state index in [-0.39, 0.29) is 11.3 Å². The molecule has 4 rings (SSSR count). The summed E-state index contributed by atoms with van der Waals surface area (Å²) in [7, 11) is 1.65. The van der Waals surface area contributed by atoms with E-state index in [1.807, 2.05) is 48.5 Å². The van der Waals surface area contributed by atoms with Gasteiger partial charge in [0, 0.05) is 52.0 Å². The van der Waals surface area contributed by atoms with Gasteiger partial charge in [0.15, 0.2) is 5.78 Å². The van der Waals surface area contributed by atoms with Crippen molar-refractivity contribution in [2.24, 2.45) is 0 Å². The Morgan fingerprint density at radius 3 is 2.61 bits per heavy atom. The lowest BCUT2D eigenvalue weighted by atomic mass is 9.85. The molecule has 1 aromatic heterocycles. The van der Waals surface area contributed by atoms with Crippen LogP contribution < -0.4 is 10.1 Å². The molecule has 0 radical (unpaired) electrons. The number of hydrogen-bond acceptors (Lipinski definition) is 4. The first-order chi connectivity index (χ1) is 14.9. The van der Waals surface area contributed by atoms with Gasteiger partial charge in [-0.15, -0.1) is 0 Å². The highest BCUT2D eigenvalue weighted by Crippen LogP contribution is 2.32. The highest BCUT2D eigenvalue weighted by Gasteiger charge is 2.28. The molecule has 154 valence electrons. The van der Waals surface area contributed by atoms with Crippen molar-refractivity contribution in [1.29, 1.82) is 0 Å². The standard InChI is InChI=1S/C27H24N2O2/c1-27(2)18-22-9-10-23(31-3)16-24(22)25(29-27)17-26(30)21-6-4-5-20(15-21)8-7-19-11-13-28-14-12-19/h4-6,9-17,29H,18H2,1-3H3/b25-17-. The fraction of sp³-hybridized carbons (Fsp3) is 0.185. The van der Waals surface area contributed by atoms with Crippen molar-refractivity contribution in [1.82, 2.24) is 10.3 Å². The quantitative estimate of drug-likeness (QED) is 0.390. The molecular formula is C27H24N2O2. The maximum absolute atomic E-state index is 13.1. The van der Waals surface area contributed by atoms with Crippen LogP contribution in [0.15, 0.2) is 73.1 Å². The van der Waals surface area contributed by atoms with Gasteiger partial charge >= 0.3 is 0 Å². The summed E-state index contributed by atoms with van der Waals surface area (Å²) >= 11 is 0. The van der Waals surface area contributed by atoms with Crippen molar-refractivity contribution in [2.75, 3.05) is 7.11 Å². The van der Waals surface area contributed by atoms with Crippen molar-refractivity contribution in [3.8, 4) is 17.6 Å². The second-order valence-electron chi connectivity index (χ2n) is 8.20. The topological polar surface area (TPSA) is 51.2 Å². The third-order valence-electron chi connectivity index (χ3n) is 5.17. The molecule has 2 aromatic carbocycles. The molecule has 0 amide bonds. The van der Waals surface area contributed by atoms with Crippen LogP contribution in [-0.4, -0.2) is 23.4 Å². The van der Waals surface area contributed by atoms with Gasteiger partial charge in [-0.2, -0.15) is 0 Å². The number of methoxy groups -OCH3 is 1. The molecule has 0 fully saturated rings. The second-order valence-corrected chi connectivity index (χ2v) is 8.20. The van der Waals surface area contributed by atoms with E-state index < -0.39 is 0 Å². The molecule has 0 saturated carbocycles. The SMILES string of the molecule is COc1ccc2c(c1)/C(=C/C(=O)c1cccc(C#Cc3ccncc3)c1)NC(C)(C)C2. The number of aromatic nitrogens is 1. The summed E-state index contributed by atoms with van der Waals surface area (Å²) in [5.41, 5.74) is 5.13. The van der Waals surface area contributed by atoms with Crippen LogP contribution in [0.5, 0.6) is 5.75 Å². The molecule has 0 saturated heterocycles. The minimum Gasteiger partial charge on any atom is -0.497 e. The molecular weight excluding hydrogens is 384 g/mol. The Hall–Kier alpha value is -3.84. The van der Waals surface area contributed by atoms with Gasteiger partial charge in [0.2, 0.25) is 0 Å². The van der Waals surface area contributed by atoms with E-state index in [4.69, 9.17) is 4.74 Å². The van der Waals surface area contributed by atoms with E-state index in [0.29, 0.717) is 5.56 Å². The summed E-state index contributed by atoms with van der Waals surface area (Å²) in [5, 5.41) is 3.51. The van der Waals surface area contributed by atoms with E-state index in [0.717, 1.165) is 34.6 Å². The molecule has 1 N–H and O–H groups in total. The van der Waals surface area contributed by atoms with Crippen LogP contribution in [0.2, 0.25) is 0 Å². The number of fused-ring (bicyclic) bond motifs is 1. The van der Waals surface area contributed by atoms with Gasteiger partial charge in [0.1, 0.15) is 5.75 Å². The predicted octanol–water partition coefficient (Wildman–Crippen LogP) is 4.64. The van der Waals surface area contributed by atoms with Crippen molar-refractivity contribution >= 4 is 11.5 Å². The molecule has 31 heavy (non-hydrogen) atoms. The smallest absolute Gasteiger partial charge is 0.187 e. The summed E-state index contributed by atoms with van der Waals surface area (Å²) in [6.45, 7) is 4.27. The van der Waals surface area contributed by atoms with Gasteiger partial charge < -0.3 is 10.1 Å². The first kappa shape index (κ1) is 20.4. The Bertz CT molecular complexity index is 1210. The summed E-state index contributed by atoms with van der Waals surface area (Å²) in [6.07, 6.45) is 5.97. The number of ether oxygens (including phenoxy) is 1. The normalized spacial score (nSPS) is 15.3. The molecule has 0 aliphatic carbocycles. The number of hydrogen-bond donors (Lipinski definition) is 1. The van der Waals surface area contributed by atoms with Gasteiger partial charge in [0.05, 0.1) is 7.11 Å². The number of carbonyl (C=O) groups is 1. The first-order valence-electron chi connectivity index (χ1n) is 10.2. The lowest BCUT2D eigenvalue weighted by Crippen LogP contribution is -2.43. The number of benzene rings is 2. The zero-order valence-electron chi connectivity index (χ0n) is 17.9. The van der Waals surface area contributed by atoms with Gasteiger partial charge in [-0.05, 0) is 62.2 Å². The average molecular weight is 409 g/mol. The monoisotopic (exact) mass is 408 g/mol. The number of ketones is 1. The van der Waals surface area contributed by atoms with Crippen molar-refractivity contribution in [3.05, 3.63) is 101 Å². The molecule has 2 heterocycles. The molecule has 0 bridgehead atoms. The van der Waals surface area contributed by atoms with Gasteiger partial charge in [-0.25, -0.2) is 0 Å². The molecule has 0 unspecified atom stereocenters. The Kier molecular flexibility index (Phi) is 5.60. The summed E-state index contributed by atoms with van der Waals surface area (Å²) in [4.78, 5) is 17.1. The van der Waals surface area contributed by atoms with E-state index in [2.05, 4.69) is 42.1 Å². The fourth-order valence-corrected chi connectivity index (χ4v) is 3.70.